The van der Waals surface area contributed by atoms with Gasteiger partial charge < -0.3 is 23.0 Å². The van der Waals surface area contributed by atoms with Crippen molar-refractivity contribution in [1.29, 1.82) is 0 Å². The molecule has 228 valence electrons. The normalized spacial score (nSPS) is 11.7. The van der Waals surface area contributed by atoms with Crippen LogP contribution in [0.15, 0.2) is 151 Å². The van der Waals surface area contributed by atoms with Crippen LogP contribution in [0, 0.1) is 0 Å². The fourth-order valence-corrected chi connectivity index (χ4v) is 8.78. The molecule has 0 spiro atoms. The number of anilines is 1. The van der Waals surface area contributed by atoms with Gasteiger partial charge in [0.2, 0.25) is 0 Å². The van der Waals surface area contributed by atoms with Crippen molar-refractivity contribution in [2.45, 2.75) is 6.18 Å². The average molecular weight is 665 g/mol. The molecule has 4 nitrogen and oxygen atoms in total. The van der Waals surface area contributed by atoms with Crippen molar-refractivity contribution in [3.05, 3.63) is 167 Å². The summed E-state index contributed by atoms with van der Waals surface area (Å²) < 4.78 is 40.6. The fourth-order valence-electron chi connectivity index (χ4n) is 4.77. The predicted octanol–water partition coefficient (Wildman–Crippen LogP) is 4.57. The van der Waals surface area contributed by atoms with Crippen molar-refractivity contribution < 1.29 is 35.2 Å². The van der Waals surface area contributed by atoms with E-state index in [0.29, 0.717) is 5.56 Å². The van der Waals surface area contributed by atoms with E-state index in [9.17, 15) is 22.8 Å². The number of alkyl halides is 3. The maximum absolute atomic E-state index is 14.0. The van der Waals surface area contributed by atoms with E-state index in [1.165, 1.54) is 0 Å². The Morgan fingerprint density at radius 1 is 0.667 bits per heavy atom. The predicted molar refractivity (Wildman–Crippen MR) is 172 cm³/mol. The number of nitrogens with one attached hydrogen (secondary N) is 2. The van der Waals surface area contributed by atoms with E-state index in [0.717, 1.165) is 34.1 Å². The van der Waals surface area contributed by atoms with E-state index < -0.39 is 30.8 Å². The molecule has 5 aromatic carbocycles. The molecule has 0 aromatic heterocycles. The zero-order valence-corrected chi connectivity index (χ0v) is 25.9. The summed E-state index contributed by atoms with van der Waals surface area (Å²) >= 11 is 6.24. The minimum Gasteiger partial charge on any atom is -1.00 e. The van der Waals surface area contributed by atoms with Gasteiger partial charge in [-0.2, -0.15) is 13.2 Å². The van der Waals surface area contributed by atoms with Gasteiger partial charge in [0, 0.05) is 5.56 Å². The van der Waals surface area contributed by atoms with Gasteiger partial charge in [-0.05, 0) is 66.7 Å². The van der Waals surface area contributed by atoms with Crippen LogP contribution < -0.4 is 39.0 Å². The summed E-state index contributed by atoms with van der Waals surface area (Å²) in [4.78, 5) is 27.5. The molecule has 0 saturated carbocycles. The molecule has 10 heteroatoms. The summed E-state index contributed by atoms with van der Waals surface area (Å²) in [6.07, 6.45) is -4.65. The molecule has 0 atom stereocenters. The third kappa shape index (κ3) is 7.63. The Balaban J connectivity index is 0.00000461. The van der Waals surface area contributed by atoms with Crippen LogP contribution in [-0.2, 0) is 11.0 Å². The Bertz CT molecular complexity index is 1690. The van der Waals surface area contributed by atoms with Crippen molar-refractivity contribution in [2.75, 3.05) is 5.32 Å². The molecule has 2 amide bonds. The number of benzene rings is 5. The summed E-state index contributed by atoms with van der Waals surface area (Å²) in [6.45, 7) is 0. The topological polar surface area (TPSA) is 58.2 Å². The molecule has 0 aliphatic rings. The maximum Gasteiger partial charge on any atom is 0.416 e. The second kappa shape index (κ2) is 14.6. The molecular weight excluding hydrogens is 639 g/mol. The van der Waals surface area contributed by atoms with Gasteiger partial charge in [-0.3, -0.25) is 9.59 Å². The first-order valence-corrected chi connectivity index (χ1v) is 15.7. The summed E-state index contributed by atoms with van der Waals surface area (Å²) in [5.41, 5.74) is -1.06. The van der Waals surface area contributed by atoms with E-state index in [1.807, 2.05) is 91.0 Å². The first-order valence-electron chi connectivity index (χ1n) is 13.5. The van der Waals surface area contributed by atoms with Crippen molar-refractivity contribution in [3.8, 4) is 0 Å². The molecular formula is C35H26Cl2F3N2O2P. The van der Waals surface area contributed by atoms with Crippen molar-refractivity contribution >= 4 is 52.3 Å². The number of carbonyl (C=O) groups excluding carboxylic acids is 2. The zero-order chi connectivity index (χ0) is 31.2. The van der Waals surface area contributed by atoms with Crippen molar-refractivity contribution in [1.82, 2.24) is 5.32 Å². The number of hydrogen-bond donors (Lipinski definition) is 2. The van der Waals surface area contributed by atoms with Crippen LogP contribution >= 0.6 is 18.9 Å². The van der Waals surface area contributed by atoms with E-state index >= 15 is 0 Å². The first kappa shape index (κ1) is 33.5. The quantitative estimate of drug-likeness (QED) is 0.189. The van der Waals surface area contributed by atoms with Crippen molar-refractivity contribution in [2.24, 2.45) is 0 Å². The Morgan fingerprint density at radius 2 is 1.11 bits per heavy atom. The second-order valence-electron chi connectivity index (χ2n) is 9.74. The van der Waals surface area contributed by atoms with E-state index in [4.69, 9.17) is 11.6 Å². The summed E-state index contributed by atoms with van der Waals surface area (Å²) in [6, 6.07) is 39.8. The van der Waals surface area contributed by atoms with Crippen LogP contribution in [0.25, 0.3) is 0 Å². The van der Waals surface area contributed by atoms with Gasteiger partial charge in [-0.25, -0.2) is 0 Å². The van der Waals surface area contributed by atoms with Gasteiger partial charge in [0.25, 0.3) is 11.8 Å². The summed E-state index contributed by atoms with van der Waals surface area (Å²) in [5, 5.41) is 7.88. The molecule has 0 unspecified atom stereocenters. The smallest absolute Gasteiger partial charge is 0.416 e. The molecule has 0 aliphatic heterocycles. The molecule has 0 radical (unpaired) electrons. The number of halogens is 5. The van der Waals surface area contributed by atoms with Crippen LogP contribution in [-0.4, -0.2) is 11.8 Å². The van der Waals surface area contributed by atoms with Gasteiger partial charge in [0.05, 0.1) is 16.3 Å². The largest absolute Gasteiger partial charge is 1.00 e. The van der Waals surface area contributed by atoms with Crippen LogP contribution in [0.3, 0.4) is 0 Å². The number of rotatable bonds is 8. The number of hydrogen-bond acceptors (Lipinski definition) is 2. The third-order valence-electron chi connectivity index (χ3n) is 6.88. The molecule has 2 N–H and O–H groups in total. The highest BCUT2D eigenvalue weighted by atomic mass is 35.5. The third-order valence-corrected chi connectivity index (χ3v) is 11.2. The van der Waals surface area contributed by atoms with Gasteiger partial charge in [-0.1, -0.05) is 84.4 Å². The molecule has 0 fully saturated rings. The van der Waals surface area contributed by atoms with Gasteiger partial charge in [0.1, 0.15) is 34.7 Å². The second-order valence-corrected chi connectivity index (χ2v) is 13.4. The Morgan fingerprint density at radius 3 is 1.56 bits per heavy atom. The van der Waals surface area contributed by atoms with Gasteiger partial charge in [0.15, 0.2) is 0 Å². The highest BCUT2D eigenvalue weighted by Crippen LogP contribution is 2.57. The lowest BCUT2D eigenvalue weighted by molar-refractivity contribution is -0.137. The Kier molecular flexibility index (Phi) is 10.8. The highest BCUT2D eigenvalue weighted by Gasteiger charge is 2.45. The SMILES string of the molecule is O=C(Nc1cc(C(F)(F)F)ccc1Cl)C(=C[P+](c1ccccc1)(c1ccccc1)c1ccccc1)NC(=O)c1ccccc1.[Cl-]. The molecule has 5 aromatic rings. The molecule has 0 aliphatic carbocycles. The molecule has 0 bridgehead atoms. The van der Waals surface area contributed by atoms with Crippen LogP contribution in [0.4, 0.5) is 18.9 Å². The minimum atomic E-state index is -4.65. The standard InChI is InChI=1S/C35H25ClF3N2O2P.ClH/c36-30-22-21-26(35(37,38)39)23-31(30)40-34(43)32(41-33(42)25-13-5-1-6-14-25)24-44(27-15-7-2-8-16-27,28-17-9-3-10-18-28)29-19-11-4-12-20-29;/h1-24H,(H-,40,41,42,43);1H. The minimum absolute atomic E-state index is 0. The summed E-state index contributed by atoms with van der Waals surface area (Å²) in [7, 11) is -2.81. The lowest BCUT2D eigenvalue weighted by Crippen LogP contribution is -3.00. The maximum atomic E-state index is 14.0. The van der Waals surface area contributed by atoms with Crippen LogP contribution in [0.5, 0.6) is 0 Å². The molecule has 5 rings (SSSR count). The van der Waals surface area contributed by atoms with E-state index in [-0.39, 0.29) is 28.8 Å². The molecule has 0 heterocycles. The lowest BCUT2D eigenvalue weighted by Gasteiger charge is -2.25. The zero-order valence-electron chi connectivity index (χ0n) is 23.5. The number of carbonyl (C=O) groups is 2. The van der Waals surface area contributed by atoms with E-state index in [1.54, 1.807) is 36.1 Å². The average Bonchev–Trinajstić information content (AvgIpc) is 3.05. The van der Waals surface area contributed by atoms with Gasteiger partial charge >= 0.3 is 6.18 Å². The van der Waals surface area contributed by atoms with Crippen LogP contribution in [0.1, 0.15) is 15.9 Å². The Hall–Kier alpha value is -4.42. The molecule has 0 saturated heterocycles. The fraction of sp³-hybridized carbons (Fsp3) is 0.0286. The highest BCUT2D eigenvalue weighted by molar-refractivity contribution is 7.98. The molecule has 45 heavy (non-hydrogen) atoms. The van der Waals surface area contributed by atoms with Gasteiger partial charge in [-0.15, -0.1) is 0 Å². The first-order chi connectivity index (χ1) is 21.2. The van der Waals surface area contributed by atoms with Crippen molar-refractivity contribution in [3.63, 3.8) is 0 Å². The Labute approximate surface area is 270 Å². The summed E-state index contributed by atoms with van der Waals surface area (Å²) in [5.74, 6) is 0.349. The monoisotopic (exact) mass is 664 g/mol. The lowest BCUT2D eigenvalue weighted by atomic mass is 10.2. The number of amides is 2. The van der Waals surface area contributed by atoms with E-state index in [2.05, 4.69) is 10.6 Å². The van der Waals surface area contributed by atoms with Crippen LogP contribution in [0.2, 0.25) is 5.02 Å².